The molecule has 2 N–H and O–H groups in total. The topological polar surface area (TPSA) is 57.8 Å². The molecule has 2 aromatic carbocycles. The van der Waals surface area contributed by atoms with Crippen molar-refractivity contribution in [2.75, 3.05) is 5.32 Å². The lowest BCUT2D eigenvalue weighted by molar-refractivity contribution is -0.137. The number of anilines is 1. The molecular weight excluding hydrogens is 390 g/mol. The maximum atomic E-state index is 12.8. The Balaban J connectivity index is 1.82. The zero-order chi connectivity index (χ0) is 18.9. The smallest absolute Gasteiger partial charge is 0.319 e. The first-order valence-electron chi connectivity index (χ1n) is 7.23. The van der Waals surface area contributed by atoms with Gasteiger partial charge in [-0.15, -0.1) is 0 Å². The third kappa shape index (κ3) is 4.00. The van der Waals surface area contributed by atoms with Crippen molar-refractivity contribution in [1.29, 1.82) is 0 Å². The number of hydrogen-bond donors (Lipinski definition) is 2. The number of benzene rings is 2. The predicted molar refractivity (Wildman–Crippen MR) is 93.4 cm³/mol. The second-order valence-electron chi connectivity index (χ2n) is 5.32. The van der Waals surface area contributed by atoms with Crippen LogP contribution in [0.5, 0.6) is 0 Å². The fourth-order valence-corrected chi connectivity index (χ4v) is 2.48. The molecule has 134 valence electrons. The van der Waals surface area contributed by atoms with E-state index in [-0.39, 0.29) is 16.4 Å². The minimum absolute atomic E-state index is 0.0104. The Labute approximate surface area is 155 Å². The van der Waals surface area contributed by atoms with Crippen molar-refractivity contribution in [3.63, 3.8) is 0 Å². The standard InChI is InChI=1S/C17H10Cl2F3N3O/c18-11-4-1-9(2-5-11)13-8-15(25-24-13)16(26)23-14-7-10(17(20,21)22)3-6-12(14)19/h1-8H,(H,23,26)(H,24,25). The van der Waals surface area contributed by atoms with Gasteiger partial charge in [-0.2, -0.15) is 18.3 Å². The summed E-state index contributed by atoms with van der Waals surface area (Å²) in [5, 5.41) is 9.46. The number of hydrogen-bond acceptors (Lipinski definition) is 2. The summed E-state index contributed by atoms with van der Waals surface area (Å²) in [6, 6.07) is 11.0. The highest BCUT2D eigenvalue weighted by Gasteiger charge is 2.31. The lowest BCUT2D eigenvalue weighted by Crippen LogP contribution is -2.14. The van der Waals surface area contributed by atoms with Crippen LogP contribution in [0.25, 0.3) is 11.3 Å². The average Bonchev–Trinajstić information content (AvgIpc) is 3.06. The summed E-state index contributed by atoms with van der Waals surface area (Å²) in [6.07, 6.45) is -4.54. The summed E-state index contributed by atoms with van der Waals surface area (Å²) in [4.78, 5) is 12.3. The highest BCUT2D eigenvalue weighted by atomic mass is 35.5. The van der Waals surface area contributed by atoms with E-state index in [4.69, 9.17) is 23.2 Å². The molecule has 1 amide bonds. The van der Waals surface area contributed by atoms with Crippen molar-refractivity contribution in [2.24, 2.45) is 0 Å². The third-order valence-electron chi connectivity index (χ3n) is 3.50. The molecule has 0 aliphatic carbocycles. The minimum atomic E-state index is -4.54. The first kappa shape index (κ1) is 18.3. The molecule has 3 rings (SSSR count). The second kappa shape index (κ2) is 7.01. The van der Waals surface area contributed by atoms with E-state index in [1.165, 1.54) is 6.07 Å². The van der Waals surface area contributed by atoms with Crippen LogP contribution in [0.3, 0.4) is 0 Å². The van der Waals surface area contributed by atoms with Crippen LogP contribution in [0.1, 0.15) is 16.1 Å². The summed E-state index contributed by atoms with van der Waals surface area (Å²) >= 11 is 11.7. The van der Waals surface area contributed by atoms with Gasteiger partial charge in [-0.05, 0) is 36.4 Å². The van der Waals surface area contributed by atoms with Gasteiger partial charge in [0.1, 0.15) is 5.69 Å². The number of halogens is 5. The number of nitrogens with zero attached hydrogens (tertiary/aromatic N) is 1. The number of rotatable bonds is 3. The number of carbonyl (C=O) groups excluding carboxylic acids is 1. The summed E-state index contributed by atoms with van der Waals surface area (Å²) in [5.74, 6) is -0.668. The van der Waals surface area contributed by atoms with Gasteiger partial charge in [0, 0.05) is 10.6 Å². The summed E-state index contributed by atoms with van der Waals surface area (Å²) < 4.78 is 38.4. The van der Waals surface area contributed by atoms with Gasteiger partial charge >= 0.3 is 6.18 Å². The Morgan fingerprint density at radius 2 is 1.73 bits per heavy atom. The molecule has 0 unspecified atom stereocenters. The van der Waals surface area contributed by atoms with Gasteiger partial charge in [0.15, 0.2) is 0 Å². The Morgan fingerprint density at radius 3 is 2.38 bits per heavy atom. The number of carbonyl (C=O) groups is 1. The molecule has 3 aromatic rings. The van der Waals surface area contributed by atoms with Crippen molar-refractivity contribution in [3.8, 4) is 11.3 Å². The monoisotopic (exact) mass is 399 g/mol. The molecule has 0 aliphatic heterocycles. The number of H-pyrrole nitrogens is 1. The number of alkyl halides is 3. The van der Waals surface area contributed by atoms with Gasteiger partial charge < -0.3 is 5.32 Å². The number of aromatic amines is 1. The predicted octanol–water partition coefficient (Wildman–Crippen LogP) is 5.65. The fraction of sp³-hybridized carbons (Fsp3) is 0.0588. The Kier molecular flexibility index (Phi) is 4.93. The number of amides is 1. The maximum absolute atomic E-state index is 12.8. The number of aromatic nitrogens is 2. The summed E-state index contributed by atoms with van der Waals surface area (Å²) in [5.41, 5.74) is 0.227. The van der Waals surface area contributed by atoms with Gasteiger partial charge in [-0.1, -0.05) is 35.3 Å². The average molecular weight is 400 g/mol. The van der Waals surface area contributed by atoms with Crippen LogP contribution in [0.4, 0.5) is 18.9 Å². The van der Waals surface area contributed by atoms with Gasteiger partial charge in [0.2, 0.25) is 0 Å². The normalized spacial score (nSPS) is 11.4. The van der Waals surface area contributed by atoms with Gasteiger partial charge in [-0.3, -0.25) is 9.89 Å². The van der Waals surface area contributed by atoms with Crippen LogP contribution >= 0.6 is 23.2 Å². The Hall–Kier alpha value is -2.51. The van der Waals surface area contributed by atoms with E-state index in [0.29, 0.717) is 10.7 Å². The number of nitrogens with one attached hydrogen (secondary N) is 2. The first-order valence-corrected chi connectivity index (χ1v) is 7.99. The zero-order valence-electron chi connectivity index (χ0n) is 12.9. The third-order valence-corrected chi connectivity index (χ3v) is 4.09. The molecule has 0 fully saturated rings. The molecule has 0 saturated heterocycles. The van der Waals surface area contributed by atoms with Crippen molar-refractivity contribution < 1.29 is 18.0 Å². The molecule has 0 bridgehead atoms. The summed E-state index contributed by atoms with van der Waals surface area (Å²) in [6.45, 7) is 0. The fourth-order valence-electron chi connectivity index (χ4n) is 2.19. The lowest BCUT2D eigenvalue weighted by atomic mass is 10.1. The molecule has 0 atom stereocenters. The van der Waals surface area contributed by atoms with Crippen molar-refractivity contribution in [1.82, 2.24) is 10.2 Å². The second-order valence-corrected chi connectivity index (χ2v) is 6.16. The molecule has 0 spiro atoms. The minimum Gasteiger partial charge on any atom is -0.319 e. The zero-order valence-corrected chi connectivity index (χ0v) is 14.4. The molecule has 9 heteroatoms. The van der Waals surface area contributed by atoms with Crippen LogP contribution < -0.4 is 5.32 Å². The molecular formula is C17H10Cl2F3N3O. The highest BCUT2D eigenvalue weighted by molar-refractivity contribution is 6.34. The molecule has 1 heterocycles. The van der Waals surface area contributed by atoms with Crippen molar-refractivity contribution in [3.05, 3.63) is 69.8 Å². The molecule has 26 heavy (non-hydrogen) atoms. The first-order chi connectivity index (χ1) is 12.2. The quantitative estimate of drug-likeness (QED) is 0.597. The van der Waals surface area contributed by atoms with E-state index in [9.17, 15) is 18.0 Å². The van der Waals surface area contributed by atoms with Crippen molar-refractivity contribution in [2.45, 2.75) is 6.18 Å². The van der Waals surface area contributed by atoms with Crippen LogP contribution in [0.15, 0.2) is 48.5 Å². The molecule has 0 radical (unpaired) electrons. The maximum Gasteiger partial charge on any atom is 0.416 e. The van der Waals surface area contributed by atoms with Crippen LogP contribution in [0, 0.1) is 0 Å². The van der Waals surface area contributed by atoms with Crippen molar-refractivity contribution >= 4 is 34.8 Å². The largest absolute Gasteiger partial charge is 0.416 e. The van der Waals surface area contributed by atoms with E-state index < -0.39 is 17.6 Å². The molecule has 4 nitrogen and oxygen atoms in total. The van der Waals surface area contributed by atoms with Crippen LogP contribution in [0.2, 0.25) is 10.0 Å². The van der Waals surface area contributed by atoms with E-state index in [1.807, 2.05) is 0 Å². The van der Waals surface area contributed by atoms with E-state index >= 15 is 0 Å². The van der Waals surface area contributed by atoms with Crippen LogP contribution in [-0.2, 0) is 6.18 Å². The molecule has 0 aliphatic rings. The van der Waals surface area contributed by atoms with Gasteiger partial charge in [-0.25, -0.2) is 0 Å². The lowest BCUT2D eigenvalue weighted by Gasteiger charge is -2.11. The Morgan fingerprint density at radius 1 is 1.04 bits per heavy atom. The van der Waals surface area contributed by atoms with Gasteiger partial charge in [0.05, 0.1) is 22.0 Å². The van der Waals surface area contributed by atoms with Crippen LogP contribution in [-0.4, -0.2) is 16.1 Å². The van der Waals surface area contributed by atoms with E-state index in [0.717, 1.165) is 23.8 Å². The van der Waals surface area contributed by atoms with E-state index in [1.54, 1.807) is 24.3 Å². The molecule has 1 aromatic heterocycles. The SMILES string of the molecule is O=C(Nc1cc(C(F)(F)F)ccc1Cl)c1cc(-c2ccc(Cl)cc2)n[nH]1. The van der Waals surface area contributed by atoms with E-state index in [2.05, 4.69) is 15.5 Å². The summed E-state index contributed by atoms with van der Waals surface area (Å²) in [7, 11) is 0. The Bertz CT molecular complexity index is 953. The highest BCUT2D eigenvalue weighted by Crippen LogP contribution is 2.34. The molecule has 0 saturated carbocycles. The van der Waals surface area contributed by atoms with Gasteiger partial charge in [0.25, 0.3) is 5.91 Å².